The highest BCUT2D eigenvalue weighted by Gasteiger charge is 2.40. The molecule has 2 saturated carbocycles. The van der Waals surface area contributed by atoms with Crippen molar-refractivity contribution in [3.8, 4) is 0 Å². The minimum absolute atomic E-state index is 0.275. The van der Waals surface area contributed by atoms with Gasteiger partial charge in [-0.05, 0) is 43.4 Å². The van der Waals surface area contributed by atoms with Gasteiger partial charge in [-0.15, -0.1) is 0 Å². The number of nitrogens with one attached hydrogen (secondary N) is 1. The summed E-state index contributed by atoms with van der Waals surface area (Å²) in [5.74, 6) is 1.29. The minimum atomic E-state index is -0.662. The van der Waals surface area contributed by atoms with Crippen LogP contribution in [-0.2, 0) is 4.79 Å². The molecule has 0 saturated heterocycles. The lowest BCUT2D eigenvalue weighted by Crippen LogP contribution is -2.51. The van der Waals surface area contributed by atoms with E-state index in [9.17, 15) is 4.79 Å². The number of hydrogen-bond donors (Lipinski definition) is 2. The van der Waals surface area contributed by atoms with E-state index in [1.54, 1.807) is 0 Å². The molecule has 0 bridgehead atoms. The van der Waals surface area contributed by atoms with Crippen LogP contribution in [0.4, 0.5) is 0 Å². The highest BCUT2D eigenvalue weighted by atomic mass is 16.4. The quantitative estimate of drug-likeness (QED) is 0.730. The van der Waals surface area contributed by atoms with Crippen molar-refractivity contribution in [3.63, 3.8) is 0 Å². The molecule has 2 rings (SSSR count). The van der Waals surface area contributed by atoms with Crippen LogP contribution in [-0.4, -0.2) is 23.2 Å². The summed E-state index contributed by atoms with van der Waals surface area (Å²) in [6.45, 7) is 4.49. The van der Waals surface area contributed by atoms with Gasteiger partial charge in [0.05, 0.1) is 0 Å². The zero-order chi connectivity index (χ0) is 11.0. The van der Waals surface area contributed by atoms with Crippen molar-refractivity contribution < 1.29 is 9.90 Å². The van der Waals surface area contributed by atoms with Crippen LogP contribution < -0.4 is 5.32 Å². The standard InChI is InChI=1S/C12H21NO2/c1-7(2)9-5-10(6-9)13-11(12(14)15)8-3-4-8/h7-11,13H,3-6H2,1-2H3,(H,14,15). The van der Waals surface area contributed by atoms with Crippen LogP contribution in [0, 0.1) is 17.8 Å². The van der Waals surface area contributed by atoms with Gasteiger partial charge in [-0.1, -0.05) is 13.8 Å². The second-order valence-corrected chi connectivity index (χ2v) is 5.49. The molecule has 0 heterocycles. The summed E-state index contributed by atoms with van der Waals surface area (Å²) < 4.78 is 0. The first-order valence-corrected chi connectivity index (χ1v) is 6.06. The lowest BCUT2D eigenvalue weighted by Gasteiger charge is -2.40. The molecule has 0 aromatic carbocycles. The summed E-state index contributed by atoms with van der Waals surface area (Å²) in [6, 6.07) is 0.183. The van der Waals surface area contributed by atoms with Crippen molar-refractivity contribution >= 4 is 5.97 Å². The molecule has 0 radical (unpaired) electrons. The average Bonchev–Trinajstić information content (AvgIpc) is 2.83. The van der Waals surface area contributed by atoms with Gasteiger partial charge >= 0.3 is 5.97 Å². The van der Waals surface area contributed by atoms with Crippen LogP contribution in [0.25, 0.3) is 0 Å². The van der Waals surface area contributed by atoms with Crippen molar-refractivity contribution in [1.29, 1.82) is 0 Å². The summed E-state index contributed by atoms with van der Waals surface area (Å²) in [5.41, 5.74) is 0. The topological polar surface area (TPSA) is 49.3 Å². The Labute approximate surface area is 91.2 Å². The third kappa shape index (κ3) is 2.51. The first-order valence-electron chi connectivity index (χ1n) is 6.06. The van der Waals surface area contributed by atoms with Gasteiger partial charge < -0.3 is 10.4 Å². The van der Waals surface area contributed by atoms with E-state index in [0.717, 1.165) is 37.5 Å². The molecular weight excluding hydrogens is 190 g/mol. The third-order valence-corrected chi connectivity index (χ3v) is 3.89. The maximum absolute atomic E-state index is 11.0. The van der Waals surface area contributed by atoms with Gasteiger partial charge in [0, 0.05) is 6.04 Å². The SMILES string of the molecule is CC(C)C1CC(NC(C(=O)O)C2CC2)C1. The van der Waals surface area contributed by atoms with Crippen LogP contribution in [0.5, 0.6) is 0 Å². The second kappa shape index (κ2) is 4.12. The highest BCUT2D eigenvalue weighted by molar-refractivity contribution is 5.74. The number of hydrogen-bond acceptors (Lipinski definition) is 2. The van der Waals surface area contributed by atoms with E-state index in [1.807, 2.05) is 0 Å². The van der Waals surface area contributed by atoms with E-state index in [0.29, 0.717) is 12.0 Å². The number of carboxylic acid groups (broad SMARTS) is 1. The number of rotatable bonds is 5. The number of carboxylic acids is 1. The molecule has 3 heteroatoms. The fraction of sp³-hybridized carbons (Fsp3) is 0.917. The lowest BCUT2D eigenvalue weighted by atomic mass is 9.73. The zero-order valence-electron chi connectivity index (χ0n) is 9.57. The van der Waals surface area contributed by atoms with Crippen molar-refractivity contribution in [2.45, 2.75) is 51.6 Å². The van der Waals surface area contributed by atoms with Gasteiger partial charge in [0.2, 0.25) is 0 Å². The second-order valence-electron chi connectivity index (χ2n) is 5.49. The molecule has 0 aliphatic heterocycles. The Morgan fingerprint density at radius 3 is 2.27 bits per heavy atom. The average molecular weight is 211 g/mol. The van der Waals surface area contributed by atoms with E-state index in [2.05, 4.69) is 19.2 Å². The Balaban J connectivity index is 1.75. The molecule has 15 heavy (non-hydrogen) atoms. The van der Waals surface area contributed by atoms with Gasteiger partial charge in [0.25, 0.3) is 0 Å². The monoisotopic (exact) mass is 211 g/mol. The van der Waals surface area contributed by atoms with Crippen LogP contribution in [0.3, 0.4) is 0 Å². The van der Waals surface area contributed by atoms with E-state index >= 15 is 0 Å². The summed E-state index contributed by atoms with van der Waals surface area (Å²) in [5, 5.41) is 12.4. The molecule has 2 aliphatic carbocycles. The maximum atomic E-state index is 11.0. The van der Waals surface area contributed by atoms with E-state index in [4.69, 9.17) is 5.11 Å². The van der Waals surface area contributed by atoms with Crippen molar-refractivity contribution in [2.75, 3.05) is 0 Å². The Bertz CT molecular complexity index is 242. The molecule has 2 fully saturated rings. The Morgan fingerprint density at radius 1 is 1.27 bits per heavy atom. The first-order chi connectivity index (χ1) is 7.08. The summed E-state index contributed by atoms with van der Waals surface area (Å²) >= 11 is 0. The highest BCUT2D eigenvalue weighted by Crippen LogP contribution is 2.37. The molecule has 86 valence electrons. The third-order valence-electron chi connectivity index (χ3n) is 3.89. The smallest absolute Gasteiger partial charge is 0.320 e. The van der Waals surface area contributed by atoms with Crippen LogP contribution >= 0.6 is 0 Å². The Kier molecular flexibility index (Phi) is 3.01. The Morgan fingerprint density at radius 2 is 1.87 bits per heavy atom. The van der Waals surface area contributed by atoms with Gasteiger partial charge in [0.15, 0.2) is 0 Å². The van der Waals surface area contributed by atoms with Gasteiger partial charge in [-0.3, -0.25) is 4.79 Å². The fourth-order valence-corrected chi connectivity index (χ4v) is 2.43. The molecule has 0 amide bonds. The summed E-state index contributed by atoms with van der Waals surface area (Å²) in [6.07, 6.45) is 4.50. The van der Waals surface area contributed by atoms with Gasteiger partial charge in [0.1, 0.15) is 6.04 Å². The van der Waals surface area contributed by atoms with Crippen molar-refractivity contribution in [1.82, 2.24) is 5.32 Å². The Hall–Kier alpha value is -0.570. The molecule has 3 nitrogen and oxygen atoms in total. The van der Waals surface area contributed by atoms with Gasteiger partial charge in [-0.2, -0.15) is 0 Å². The predicted octanol–water partition coefficient (Wildman–Crippen LogP) is 1.87. The predicted molar refractivity (Wildman–Crippen MR) is 58.6 cm³/mol. The molecule has 1 unspecified atom stereocenters. The molecule has 2 N–H and O–H groups in total. The zero-order valence-corrected chi connectivity index (χ0v) is 9.57. The van der Waals surface area contributed by atoms with E-state index in [1.165, 1.54) is 0 Å². The molecular formula is C12H21NO2. The first kappa shape index (κ1) is 10.9. The molecule has 1 atom stereocenters. The van der Waals surface area contributed by atoms with Crippen LogP contribution in [0.15, 0.2) is 0 Å². The number of carbonyl (C=O) groups is 1. The lowest BCUT2D eigenvalue weighted by molar-refractivity contribution is -0.140. The maximum Gasteiger partial charge on any atom is 0.320 e. The molecule has 0 aromatic heterocycles. The normalized spacial score (nSPS) is 32.5. The summed E-state index contributed by atoms with van der Waals surface area (Å²) in [4.78, 5) is 11.0. The molecule has 0 aromatic rings. The fourth-order valence-electron chi connectivity index (χ4n) is 2.43. The van der Waals surface area contributed by atoms with Gasteiger partial charge in [-0.25, -0.2) is 0 Å². The van der Waals surface area contributed by atoms with Crippen LogP contribution in [0.1, 0.15) is 39.5 Å². The molecule has 2 aliphatic rings. The number of aliphatic carboxylic acids is 1. The van der Waals surface area contributed by atoms with Crippen LogP contribution in [0.2, 0.25) is 0 Å². The largest absolute Gasteiger partial charge is 0.480 e. The van der Waals surface area contributed by atoms with E-state index < -0.39 is 5.97 Å². The minimum Gasteiger partial charge on any atom is -0.480 e. The summed E-state index contributed by atoms with van der Waals surface area (Å²) in [7, 11) is 0. The van der Waals surface area contributed by atoms with Crippen molar-refractivity contribution in [3.05, 3.63) is 0 Å². The molecule has 0 spiro atoms. The van der Waals surface area contributed by atoms with E-state index in [-0.39, 0.29) is 6.04 Å². The van der Waals surface area contributed by atoms with Crippen molar-refractivity contribution in [2.24, 2.45) is 17.8 Å².